The summed E-state index contributed by atoms with van der Waals surface area (Å²) >= 11 is 12.2. The van der Waals surface area contributed by atoms with Crippen LogP contribution in [0.4, 0.5) is 20.4 Å². The molecule has 8 heterocycles. The van der Waals surface area contributed by atoms with Gasteiger partial charge in [0, 0.05) is 44.6 Å². The van der Waals surface area contributed by atoms with E-state index in [9.17, 15) is 23.2 Å². The van der Waals surface area contributed by atoms with E-state index in [2.05, 4.69) is 49.6 Å². The molecule has 0 bridgehead atoms. The second-order valence-corrected chi connectivity index (χ2v) is 17.6. The molecule has 2 fully saturated rings. The Labute approximate surface area is 391 Å². The highest BCUT2D eigenvalue weighted by Crippen LogP contribution is 2.35. The number of hydrogen-bond donors (Lipinski definition) is 0. The lowest BCUT2D eigenvalue weighted by molar-refractivity contribution is -0.126. The Morgan fingerprint density at radius 1 is 0.712 bits per heavy atom. The second kappa shape index (κ2) is 19.6. The van der Waals surface area contributed by atoms with Gasteiger partial charge in [-0.05, 0) is 86.4 Å². The fourth-order valence-corrected chi connectivity index (χ4v) is 8.92. The van der Waals surface area contributed by atoms with Crippen LogP contribution in [0, 0.1) is 25.5 Å². The molecule has 0 saturated carbocycles. The van der Waals surface area contributed by atoms with E-state index in [4.69, 9.17) is 23.2 Å². The monoisotopic (exact) mass is 937 g/mol. The average molecular weight is 939 g/mol. The molecule has 14 nitrogen and oxygen atoms in total. The van der Waals surface area contributed by atoms with E-state index < -0.39 is 23.0 Å². The molecule has 2 unspecified atom stereocenters. The van der Waals surface area contributed by atoms with Crippen molar-refractivity contribution in [3.63, 3.8) is 0 Å². The van der Waals surface area contributed by atoms with Crippen LogP contribution in [-0.4, -0.2) is 88.1 Å². The summed E-state index contributed by atoms with van der Waals surface area (Å²) in [6, 6.07) is 5.84. The van der Waals surface area contributed by atoms with Crippen molar-refractivity contribution < 1.29 is 13.6 Å². The number of hydrogen-bond acceptors (Lipinski definition) is 11. The van der Waals surface area contributed by atoms with Gasteiger partial charge in [-0.3, -0.25) is 14.8 Å². The van der Waals surface area contributed by atoms with Gasteiger partial charge in [-0.2, -0.15) is 9.97 Å². The number of piperazine rings is 1. The number of halogens is 4. The lowest BCUT2D eigenvalue weighted by atomic mass is 10.0. The van der Waals surface area contributed by atoms with Crippen LogP contribution in [0.1, 0.15) is 81.3 Å². The number of piperidine rings is 1. The number of pyridine rings is 4. The summed E-state index contributed by atoms with van der Waals surface area (Å²) in [5.74, 6) is -0.846. The minimum Gasteiger partial charge on any atom is -0.349 e. The number of anilines is 2. The van der Waals surface area contributed by atoms with E-state index in [1.54, 1.807) is 29.4 Å². The molecule has 0 aliphatic carbocycles. The van der Waals surface area contributed by atoms with Gasteiger partial charge in [0.25, 0.3) is 0 Å². The Kier molecular flexibility index (Phi) is 14.1. The molecule has 1 amide bonds. The van der Waals surface area contributed by atoms with Gasteiger partial charge in [-0.15, -0.1) is 13.2 Å². The molecule has 344 valence electrons. The van der Waals surface area contributed by atoms with E-state index in [-0.39, 0.29) is 57.2 Å². The molecule has 0 radical (unpaired) electrons. The van der Waals surface area contributed by atoms with E-state index in [0.717, 1.165) is 36.1 Å². The van der Waals surface area contributed by atoms with Crippen LogP contribution < -0.4 is 21.2 Å². The fourth-order valence-electron chi connectivity index (χ4n) is 8.65. The van der Waals surface area contributed by atoms with Crippen LogP contribution in [-0.2, 0) is 4.79 Å². The summed E-state index contributed by atoms with van der Waals surface area (Å²) in [6.07, 6.45) is 11.1. The summed E-state index contributed by atoms with van der Waals surface area (Å²) in [7, 11) is 0. The van der Waals surface area contributed by atoms with Crippen LogP contribution >= 0.6 is 23.2 Å². The molecule has 0 spiro atoms. The third kappa shape index (κ3) is 8.95. The van der Waals surface area contributed by atoms with Crippen molar-refractivity contribution in [3.8, 4) is 11.4 Å². The predicted molar refractivity (Wildman–Crippen MR) is 257 cm³/mol. The number of carbonyl (C=O) groups excluding carboxylic acids is 1. The molecule has 0 N–H and O–H groups in total. The minimum absolute atomic E-state index is 0.00284. The van der Waals surface area contributed by atoms with Gasteiger partial charge in [-0.1, -0.05) is 69.6 Å². The average Bonchev–Trinajstić information content (AvgIpc) is 3.30. The van der Waals surface area contributed by atoms with Crippen LogP contribution in [0.3, 0.4) is 0 Å². The van der Waals surface area contributed by atoms with Crippen LogP contribution in [0.5, 0.6) is 0 Å². The first-order valence-electron chi connectivity index (χ1n) is 21.7. The summed E-state index contributed by atoms with van der Waals surface area (Å²) in [6.45, 7) is 24.8. The molecular formula is C48H51Cl2F2N11O3. The standard InChI is InChI=1S/C25H26ClFN6O2.C23H25ClFN5O/c1-6-16-13-31(19(34)7-2)10-11-32(16)23-17-12-18(27)22(26)29-24(17)33(25(35)30-23)21-15(5)8-9-28-20(21)14(3)4;1-5-15-8-6-7-11-29(15)21-16-12-17(25)20(24)27-22(16)30(23(31)28-21)19-14(4)9-10-26-18(19)13(2)3/h6-9,12,14,16H,1-2,10-11,13H2,3-5H3;5,9-10,12-13,15H,1,6-8,11H2,2-4H3. The highest BCUT2D eigenvalue weighted by Gasteiger charge is 2.32. The molecule has 0 aromatic carbocycles. The third-order valence-electron chi connectivity index (χ3n) is 11.9. The first kappa shape index (κ1) is 47.6. The molecule has 18 heteroatoms. The SMILES string of the molecule is C=CC(=O)N1CCN(c2nc(=O)n(-c3c(C)ccnc3C(C)C)c3nc(Cl)c(F)cc23)C(C=C)C1.C=CC1CCCCN1c1nc(=O)n(-c2c(C)ccnc2C(C)C)c2nc(Cl)c(F)cc12. The van der Waals surface area contributed by atoms with E-state index in [1.165, 1.54) is 27.3 Å². The Bertz CT molecular complexity index is 3030. The molecule has 2 aliphatic rings. The lowest BCUT2D eigenvalue weighted by Crippen LogP contribution is -2.54. The molecule has 8 rings (SSSR count). The van der Waals surface area contributed by atoms with Crippen molar-refractivity contribution in [2.24, 2.45) is 0 Å². The summed E-state index contributed by atoms with van der Waals surface area (Å²) < 4.78 is 32.0. The number of rotatable bonds is 9. The Balaban J connectivity index is 0.000000198. The Hall–Kier alpha value is -6.39. The van der Waals surface area contributed by atoms with Gasteiger partial charge in [0.05, 0.1) is 39.6 Å². The van der Waals surface area contributed by atoms with Gasteiger partial charge < -0.3 is 14.7 Å². The largest absolute Gasteiger partial charge is 0.355 e. The lowest BCUT2D eigenvalue weighted by Gasteiger charge is -2.40. The summed E-state index contributed by atoms with van der Waals surface area (Å²) in [5.41, 5.74) is 3.59. The molecule has 66 heavy (non-hydrogen) atoms. The first-order valence-corrected chi connectivity index (χ1v) is 22.5. The number of amides is 1. The van der Waals surface area contributed by atoms with Crippen molar-refractivity contribution in [3.05, 3.63) is 140 Å². The van der Waals surface area contributed by atoms with Crippen molar-refractivity contribution >= 4 is 62.8 Å². The molecule has 6 aromatic rings. The number of aryl methyl sites for hydroxylation is 2. The van der Waals surface area contributed by atoms with Crippen LogP contribution in [0.15, 0.2) is 84.2 Å². The maximum atomic E-state index is 14.7. The number of carbonyl (C=O) groups is 1. The van der Waals surface area contributed by atoms with Gasteiger partial charge in [0.15, 0.2) is 33.2 Å². The van der Waals surface area contributed by atoms with Crippen LogP contribution in [0.2, 0.25) is 10.3 Å². The second-order valence-electron chi connectivity index (χ2n) is 16.9. The van der Waals surface area contributed by atoms with Crippen molar-refractivity contribution in [2.75, 3.05) is 36.0 Å². The highest BCUT2D eigenvalue weighted by molar-refractivity contribution is 6.30. The normalized spacial score (nSPS) is 16.5. The quantitative estimate of drug-likeness (QED) is 0.0779. The van der Waals surface area contributed by atoms with Gasteiger partial charge in [-0.25, -0.2) is 37.5 Å². The fraction of sp³-hybridized carbons (Fsp3) is 0.354. The maximum absolute atomic E-state index is 14.7. The molecule has 2 saturated heterocycles. The topological polar surface area (TPSA) is 148 Å². The zero-order chi connectivity index (χ0) is 47.7. The number of nitrogens with zero attached hydrogens (tertiary/aromatic N) is 11. The number of fused-ring (bicyclic) bond motifs is 2. The molecular weight excluding hydrogens is 888 g/mol. The van der Waals surface area contributed by atoms with Crippen molar-refractivity contribution in [1.82, 2.24) is 43.9 Å². The third-order valence-corrected chi connectivity index (χ3v) is 12.4. The zero-order valence-corrected chi connectivity index (χ0v) is 39.2. The first-order chi connectivity index (χ1) is 31.5. The smallest absolute Gasteiger partial charge is 0.349 e. The Morgan fingerprint density at radius 2 is 1.18 bits per heavy atom. The van der Waals surface area contributed by atoms with Crippen LogP contribution in [0.25, 0.3) is 33.4 Å². The van der Waals surface area contributed by atoms with Crippen molar-refractivity contribution in [1.29, 1.82) is 0 Å². The van der Waals surface area contributed by atoms with E-state index >= 15 is 0 Å². The zero-order valence-electron chi connectivity index (χ0n) is 37.7. The van der Waals surface area contributed by atoms with E-state index in [0.29, 0.717) is 59.8 Å². The summed E-state index contributed by atoms with van der Waals surface area (Å²) in [4.78, 5) is 70.9. The molecule has 2 atom stereocenters. The van der Waals surface area contributed by atoms with E-state index in [1.807, 2.05) is 63.5 Å². The predicted octanol–water partition coefficient (Wildman–Crippen LogP) is 8.73. The minimum atomic E-state index is -0.727. The Morgan fingerprint density at radius 3 is 1.62 bits per heavy atom. The maximum Gasteiger partial charge on any atom is 0.355 e. The highest BCUT2D eigenvalue weighted by atomic mass is 35.5. The van der Waals surface area contributed by atoms with Crippen molar-refractivity contribution in [2.45, 2.75) is 84.7 Å². The molecule has 2 aliphatic heterocycles. The van der Waals surface area contributed by atoms with Gasteiger partial charge in [0.1, 0.15) is 11.6 Å². The van der Waals surface area contributed by atoms with Gasteiger partial charge in [0.2, 0.25) is 5.91 Å². The molecule has 6 aromatic heterocycles. The number of aromatic nitrogens is 8. The van der Waals surface area contributed by atoms with Gasteiger partial charge >= 0.3 is 11.4 Å². The summed E-state index contributed by atoms with van der Waals surface area (Å²) in [5, 5.41) is 0.120.